The van der Waals surface area contributed by atoms with E-state index in [1.165, 1.54) is 11.8 Å². The summed E-state index contributed by atoms with van der Waals surface area (Å²) in [5.41, 5.74) is 1.57. The minimum absolute atomic E-state index is 0.182. The van der Waals surface area contributed by atoms with Crippen LogP contribution in [0.15, 0.2) is 64.7 Å². The number of hydrogen-bond acceptors (Lipinski definition) is 5. The number of aromatic nitrogens is 2. The first kappa shape index (κ1) is 18.4. The molecule has 0 radical (unpaired) electrons. The van der Waals surface area contributed by atoms with Gasteiger partial charge in [-0.1, -0.05) is 35.5 Å². The summed E-state index contributed by atoms with van der Waals surface area (Å²) in [6.45, 7) is 0. The van der Waals surface area contributed by atoms with Gasteiger partial charge >= 0.3 is 0 Å². The minimum Gasteiger partial charge on any atom is -0.493 e. The van der Waals surface area contributed by atoms with Gasteiger partial charge < -0.3 is 9.47 Å². The van der Waals surface area contributed by atoms with Crippen molar-refractivity contribution in [1.82, 2.24) is 9.55 Å². The van der Waals surface area contributed by atoms with Gasteiger partial charge in [0.1, 0.15) is 0 Å². The second kappa shape index (κ2) is 8.29. The number of benzene rings is 2. The molecule has 0 amide bonds. The van der Waals surface area contributed by atoms with Crippen molar-refractivity contribution in [2.75, 3.05) is 14.2 Å². The number of halogens is 1. The number of hydrogen-bond donors (Lipinski definition) is 0. The zero-order chi connectivity index (χ0) is 18.5. The first-order chi connectivity index (χ1) is 12.6. The van der Waals surface area contributed by atoms with Crippen LogP contribution in [0.4, 0.5) is 0 Å². The van der Waals surface area contributed by atoms with Crippen LogP contribution in [-0.2, 0) is 5.75 Å². The SMILES string of the molecule is COc1ccc(-n2ccnc(SCc3ccc(Cl)cc3)c2=O)cc1OC. The van der Waals surface area contributed by atoms with Gasteiger partial charge in [0.15, 0.2) is 16.5 Å². The first-order valence-electron chi connectivity index (χ1n) is 7.79. The topological polar surface area (TPSA) is 53.4 Å². The molecule has 0 N–H and O–H groups in total. The van der Waals surface area contributed by atoms with Crippen molar-refractivity contribution < 1.29 is 9.47 Å². The Balaban J connectivity index is 1.87. The minimum atomic E-state index is -0.182. The van der Waals surface area contributed by atoms with Gasteiger partial charge in [-0.25, -0.2) is 4.98 Å². The fourth-order valence-electron chi connectivity index (χ4n) is 2.40. The van der Waals surface area contributed by atoms with Crippen LogP contribution in [0, 0.1) is 0 Å². The van der Waals surface area contributed by atoms with E-state index in [-0.39, 0.29) is 5.56 Å². The van der Waals surface area contributed by atoms with Crippen molar-refractivity contribution in [3.05, 3.63) is 75.8 Å². The molecule has 0 spiro atoms. The van der Waals surface area contributed by atoms with Crippen molar-refractivity contribution in [2.24, 2.45) is 0 Å². The zero-order valence-electron chi connectivity index (χ0n) is 14.3. The van der Waals surface area contributed by atoms with Gasteiger partial charge in [-0.15, -0.1) is 0 Å². The molecule has 1 aromatic heterocycles. The van der Waals surface area contributed by atoms with E-state index >= 15 is 0 Å². The molecule has 0 saturated heterocycles. The molecule has 3 aromatic rings. The van der Waals surface area contributed by atoms with Gasteiger partial charge in [0, 0.05) is 29.2 Å². The first-order valence-corrected chi connectivity index (χ1v) is 9.16. The molecule has 5 nitrogen and oxygen atoms in total. The zero-order valence-corrected chi connectivity index (χ0v) is 15.9. The second-order valence-electron chi connectivity index (χ2n) is 5.36. The van der Waals surface area contributed by atoms with E-state index in [1.54, 1.807) is 49.4 Å². The van der Waals surface area contributed by atoms with E-state index in [4.69, 9.17) is 21.1 Å². The van der Waals surface area contributed by atoms with Crippen LogP contribution < -0.4 is 15.0 Å². The van der Waals surface area contributed by atoms with Gasteiger partial charge in [-0.3, -0.25) is 9.36 Å². The molecule has 0 saturated carbocycles. The summed E-state index contributed by atoms with van der Waals surface area (Å²) in [6, 6.07) is 12.9. The summed E-state index contributed by atoms with van der Waals surface area (Å²) in [6.07, 6.45) is 3.25. The lowest BCUT2D eigenvalue weighted by Crippen LogP contribution is -2.20. The Morgan fingerprint density at radius 3 is 2.50 bits per heavy atom. The maximum atomic E-state index is 12.8. The van der Waals surface area contributed by atoms with E-state index < -0.39 is 0 Å². The molecule has 1 heterocycles. The molecule has 3 rings (SSSR count). The highest BCUT2D eigenvalue weighted by Crippen LogP contribution is 2.29. The Bertz CT molecular complexity index is 958. The van der Waals surface area contributed by atoms with E-state index in [9.17, 15) is 4.79 Å². The highest BCUT2D eigenvalue weighted by molar-refractivity contribution is 7.98. The Hall–Kier alpha value is -2.44. The molecule has 134 valence electrons. The lowest BCUT2D eigenvalue weighted by molar-refractivity contribution is 0.355. The fourth-order valence-corrected chi connectivity index (χ4v) is 3.38. The lowest BCUT2D eigenvalue weighted by atomic mass is 10.2. The van der Waals surface area contributed by atoms with Crippen LogP contribution in [0.5, 0.6) is 11.5 Å². The third kappa shape index (κ3) is 4.03. The summed E-state index contributed by atoms with van der Waals surface area (Å²) in [4.78, 5) is 17.0. The van der Waals surface area contributed by atoms with Gasteiger partial charge in [-0.05, 0) is 29.8 Å². The van der Waals surface area contributed by atoms with Crippen LogP contribution in [0.1, 0.15) is 5.56 Å². The van der Waals surface area contributed by atoms with Gasteiger partial charge in [-0.2, -0.15) is 0 Å². The predicted molar refractivity (Wildman–Crippen MR) is 104 cm³/mol. The Labute approximate surface area is 160 Å². The number of rotatable bonds is 6. The summed E-state index contributed by atoms with van der Waals surface area (Å²) in [5, 5.41) is 1.12. The van der Waals surface area contributed by atoms with Crippen LogP contribution in [0.3, 0.4) is 0 Å². The third-order valence-electron chi connectivity index (χ3n) is 3.74. The van der Waals surface area contributed by atoms with Gasteiger partial charge in [0.05, 0.1) is 19.9 Å². The Morgan fingerprint density at radius 1 is 1.08 bits per heavy atom. The molecular weight excluding hydrogens is 372 g/mol. The number of methoxy groups -OCH3 is 2. The monoisotopic (exact) mass is 388 g/mol. The van der Waals surface area contributed by atoms with E-state index in [2.05, 4.69) is 4.98 Å². The molecule has 0 aliphatic carbocycles. The molecule has 0 aliphatic heterocycles. The smallest absolute Gasteiger partial charge is 0.287 e. The van der Waals surface area contributed by atoms with Crippen molar-refractivity contribution in [2.45, 2.75) is 10.8 Å². The van der Waals surface area contributed by atoms with Crippen molar-refractivity contribution >= 4 is 23.4 Å². The molecule has 0 bridgehead atoms. The lowest BCUT2D eigenvalue weighted by Gasteiger charge is -2.11. The summed E-state index contributed by atoms with van der Waals surface area (Å²) in [5.74, 6) is 1.80. The Morgan fingerprint density at radius 2 is 1.81 bits per heavy atom. The molecule has 7 heteroatoms. The van der Waals surface area contributed by atoms with Crippen LogP contribution >= 0.6 is 23.4 Å². The second-order valence-corrected chi connectivity index (χ2v) is 6.76. The molecule has 26 heavy (non-hydrogen) atoms. The highest BCUT2D eigenvalue weighted by Gasteiger charge is 2.10. The normalized spacial score (nSPS) is 10.6. The third-order valence-corrected chi connectivity index (χ3v) is 5.03. The summed E-state index contributed by atoms with van der Waals surface area (Å²) >= 11 is 7.29. The van der Waals surface area contributed by atoms with Crippen LogP contribution in [0.25, 0.3) is 5.69 Å². The van der Waals surface area contributed by atoms with Crippen molar-refractivity contribution in [3.63, 3.8) is 0 Å². The van der Waals surface area contributed by atoms with E-state index in [0.717, 1.165) is 5.56 Å². The fraction of sp³-hybridized carbons (Fsp3) is 0.158. The maximum Gasteiger partial charge on any atom is 0.287 e. The van der Waals surface area contributed by atoms with E-state index in [1.807, 2.05) is 24.3 Å². The maximum absolute atomic E-state index is 12.8. The number of nitrogens with zero attached hydrogens (tertiary/aromatic N) is 2. The average molecular weight is 389 g/mol. The predicted octanol–water partition coefficient (Wildman–Crippen LogP) is 4.20. The quantitative estimate of drug-likeness (QED) is 0.592. The van der Waals surface area contributed by atoms with Crippen LogP contribution in [0.2, 0.25) is 5.02 Å². The van der Waals surface area contributed by atoms with Crippen molar-refractivity contribution in [3.8, 4) is 17.2 Å². The van der Waals surface area contributed by atoms with Gasteiger partial charge in [0.25, 0.3) is 5.56 Å². The molecule has 0 aliphatic rings. The van der Waals surface area contributed by atoms with Crippen molar-refractivity contribution in [1.29, 1.82) is 0 Å². The molecular formula is C19H17ClN2O3S. The molecule has 0 unspecified atom stereocenters. The molecule has 2 aromatic carbocycles. The average Bonchev–Trinajstić information content (AvgIpc) is 2.68. The highest BCUT2D eigenvalue weighted by atomic mass is 35.5. The Kier molecular flexibility index (Phi) is 5.85. The summed E-state index contributed by atoms with van der Waals surface area (Å²) < 4.78 is 12.1. The van der Waals surface area contributed by atoms with E-state index in [0.29, 0.717) is 33.0 Å². The standard InChI is InChI=1S/C19H17ClN2O3S/c1-24-16-8-7-15(11-17(16)25-2)22-10-9-21-18(19(22)23)26-12-13-3-5-14(20)6-4-13/h3-11H,12H2,1-2H3. The van der Waals surface area contributed by atoms with Gasteiger partial charge in [0.2, 0.25) is 0 Å². The largest absolute Gasteiger partial charge is 0.493 e. The molecule has 0 fully saturated rings. The molecule has 0 atom stereocenters. The number of ether oxygens (including phenoxy) is 2. The van der Waals surface area contributed by atoms with Crippen LogP contribution in [-0.4, -0.2) is 23.8 Å². The summed E-state index contributed by atoms with van der Waals surface area (Å²) in [7, 11) is 3.13. The number of thioether (sulfide) groups is 1.